The molecule has 4 rings (SSSR count). The van der Waals surface area contributed by atoms with E-state index in [9.17, 15) is 13.2 Å². The molecule has 0 saturated heterocycles. The maximum atomic E-state index is 13.1. The molecule has 3 aromatic rings. The largest absolute Gasteiger partial charge is 0.465 e. The van der Waals surface area contributed by atoms with Crippen LogP contribution in [0.4, 0.5) is 5.69 Å². The van der Waals surface area contributed by atoms with E-state index in [1.165, 1.54) is 7.11 Å². The predicted octanol–water partition coefficient (Wildman–Crippen LogP) is 4.54. The third-order valence-corrected chi connectivity index (χ3v) is 7.73. The molecule has 0 unspecified atom stereocenters. The lowest BCUT2D eigenvalue weighted by molar-refractivity contribution is 0.0601. The van der Waals surface area contributed by atoms with Gasteiger partial charge in [-0.3, -0.25) is 4.98 Å². The average Bonchev–Trinajstić information content (AvgIpc) is 2.82. The molecule has 166 valence electrons. The predicted molar refractivity (Wildman–Crippen MR) is 123 cm³/mol. The van der Waals surface area contributed by atoms with Gasteiger partial charge < -0.3 is 10.1 Å². The molecule has 0 radical (unpaired) electrons. The van der Waals surface area contributed by atoms with Gasteiger partial charge in [0.05, 0.1) is 34.3 Å². The summed E-state index contributed by atoms with van der Waals surface area (Å²) >= 11 is 0. The molecule has 0 fully saturated rings. The fourth-order valence-corrected chi connectivity index (χ4v) is 5.49. The maximum Gasteiger partial charge on any atom is 0.340 e. The molecular weight excluding hydrogens is 424 g/mol. The molecule has 1 aromatic heterocycles. The van der Waals surface area contributed by atoms with Crippen LogP contribution in [-0.2, 0) is 21.0 Å². The van der Waals surface area contributed by atoms with Crippen molar-refractivity contribution in [2.45, 2.75) is 41.9 Å². The number of pyridine rings is 1. The minimum Gasteiger partial charge on any atom is -0.465 e. The summed E-state index contributed by atoms with van der Waals surface area (Å²) in [5.74, 6) is -0.203. The normalized spacial score (nSPS) is 15.6. The van der Waals surface area contributed by atoms with Crippen LogP contribution in [0.3, 0.4) is 0 Å². The van der Waals surface area contributed by atoms with Crippen LogP contribution in [-0.4, -0.2) is 33.0 Å². The van der Waals surface area contributed by atoms with Crippen LogP contribution in [0.5, 0.6) is 0 Å². The third kappa shape index (κ3) is 4.39. The first kappa shape index (κ1) is 22.0. The zero-order valence-corrected chi connectivity index (χ0v) is 19.0. The lowest BCUT2D eigenvalue weighted by Gasteiger charge is -2.27. The molecule has 0 bridgehead atoms. The van der Waals surface area contributed by atoms with E-state index in [4.69, 9.17) is 4.74 Å². The number of benzene rings is 2. The van der Waals surface area contributed by atoms with E-state index in [1.54, 1.807) is 36.7 Å². The molecule has 2 aromatic carbocycles. The molecule has 0 spiro atoms. The average molecular weight is 451 g/mol. The number of aromatic nitrogens is 1. The van der Waals surface area contributed by atoms with Gasteiger partial charge in [-0.25, -0.2) is 13.2 Å². The maximum absolute atomic E-state index is 13.1. The van der Waals surface area contributed by atoms with Gasteiger partial charge in [-0.2, -0.15) is 0 Å². The van der Waals surface area contributed by atoms with Crippen molar-refractivity contribution < 1.29 is 17.9 Å². The number of hydrogen-bond donors (Lipinski definition) is 1. The Morgan fingerprint density at radius 3 is 2.62 bits per heavy atom. The smallest absolute Gasteiger partial charge is 0.340 e. The number of nitrogens with one attached hydrogen (secondary N) is 1. The summed E-state index contributed by atoms with van der Waals surface area (Å²) in [6.45, 7) is 2.55. The quantitative estimate of drug-likeness (QED) is 0.555. The highest BCUT2D eigenvalue weighted by molar-refractivity contribution is 7.91. The molecule has 1 aliphatic carbocycles. The number of esters is 1. The van der Waals surface area contributed by atoms with Crippen molar-refractivity contribution in [2.75, 3.05) is 19.0 Å². The first-order valence-electron chi connectivity index (χ1n) is 10.6. The van der Waals surface area contributed by atoms with Crippen molar-refractivity contribution in [1.29, 1.82) is 0 Å². The van der Waals surface area contributed by atoms with E-state index in [2.05, 4.69) is 10.3 Å². The Morgan fingerprint density at radius 1 is 1.12 bits per heavy atom. The summed E-state index contributed by atoms with van der Waals surface area (Å²) in [6, 6.07) is 14.0. The minimum absolute atomic E-state index is 0.209. The summed E-state index contributed by atoms with van der Waals surface area (Å²) in [4.78, 5) is 16.7. The van der Waals surface area contributed by atoms with E-state index < -0.39 is 15.8 Å². The molecule has 32 heavy (non-hydrogen) atoms. The van der Waals surface area contributed by atoms with E-state index in [-0.39, 0.29) is 5.92 Å². The lowest BCUT2D eigenvalue weighted by Crippen LogP contribution is -2.20. The first-order chi connectivity index (χ1) is 15.4. The summed E-state index contributed by atoms with van der Waals surface area (Å²) in [7, 11) is -2.20. The number of rotatable bonds is 6. The highest BCUT2D eigenvalue weighted by Gasteiger charge is 2.24. The van der Waals surface area contributed by atoms with Crippen LogP contribution in [0, 0.1) is 6.92 Å². The number of anilines is 1. The van der Waals surface area contributed by atoms with E-state index in [0.717, 1.165) is 36.0 Å². The van der Waals surface area contributed by atoms with Crippen molar-refractivity contribution >= 4 is 21.5 Å². The number of methoxy groups -OCH3 is 1. The SMILES string of the molecule is COC(=O)c1ccncc1NC[C@@H]1CCCc2cc(S(=O)(=O)c3ccc(C)cc3)ccc21. The van der Waals surface area contributed by atoms with Crippen LogP contribution < -0.4 is 5.32 Å². The van der Waals surface area contributed by atoms with Gasteiger partial charge in [0.1, 0.15) is 0 Å². The van der Waals surface area contributed by atoms with Gasteiger partial charge in [0, 0.05) is 18.7 Å². The zero-order chi connectivity index (χ0) is 22.7. The highest BCUT2D eigenvalue weighted by atomic mass is 32.2. The topological polar surface area (TPSA) is 85.4 Å². The fourth-order valence-electron chi connectivity index (χ4n) is 4.18. The van der Waals surface area contributed by atoms with Gasteiger partial charge in [-0.1, -0.05) is 23.8 Å². The summed E-state index contributed by atoms with van der Waals surface area (Å²) < 4.78 is 31.0. The van der Waals surface area contributed by atoms with Crippen LogP contribution in [0.1, 0.15) is 45.8 Å². The standard InChI is InChI=1S/C25H26N2O4S/c1-17-6-8-20(9-7-17)32(29,30)21-10-11-22-18(14-21)4-3-5-19(22)15-27-24-16-26-13-12-23(24)25(28)31-2/h6-14,16,19,27H,3-5,15H2,1-2H3/t19-/m0/s1. The van der Waals surface area contributed by atoms with Gasteiger partial charge in [0.25, 0.3) is 0 Å². The number of nitrogens with zero attached hydrogens (tertiary/aromatic N) is 1. The van der Waals surface area contributed by atoms with Gasteiger partial charge in [-0.15, -0.1) is 0 Å². The lowest BCUT2D eigenvalue weighted by atomic mass is 9.83. The number of carbonyl (C=O) groups excluding carboxylic acids is 1. The molecule has 0 amide bonds. The summed E-state index contributed by atoms with van der Waals surface area (Å²) in [5.41, 5.74) is 4.31. The molecule has 1 N–H and O–H groups in total. The second kappa shape index (κ2) is 9.12. The number of hydrogen-bond acceptors (Lipinski definition) is 6. The molecule has 1 atom stereocenters. The van der Waals surface area contributed by atoms with Gasteiger partial charge in [-0.05, 0) is 67.6 Å². The highest BCUT2D eigenvalue weighted by Crippen LogP contribution is 2.34. The number of sulfone groups is 1. The Bertz CT molecular complexity index is 1240. The van der Waals surface area contributed by atoms with Crippen molar-refractivity contribution in [3.8, 4) is 0 Å². The Labute approximate surface area is 188 Å². The van der Waals surface area contributed by atoms with Crippen LogP contribution >= 0.6 is 0 Å². The number of fused-ring (bicyclic) bond motifs is 1. The number of aryl methyl sites for hydroxylation is 2. The van der Waals surface area contributed by atoms with Crippen molar-refractivity contribution in [1.82, 2.24) is 4.98 Å². The minimum atomic E-state index is -3.56. The molecular formula is C25H26N2O4S. The molecule has 7 heteroatoms. The monoisotopic (exact) mass is 450 g/mol. The fraction of sp³-hybridized carbons (Fsp3) is 0.280. The van der Waals surface area contributed by atoms with Crippen LogP contribution in [0.15, 0.2) is 70.7 Å². The molecule has 1 aliphatic rings. The van der Waals surface area contributed by atoms with Crippen molar-refractivity contribution in [3.63, 3.8) is 0 Å². The number of carbonyl (C=O) groups is 1. The van der Waals surface area contributed by atoms with Gasteiger partial charge in [0.15, 0.2) is 0 Å². The summed E-state index contributed by atoms with van der Waals surface area (Å²) in [6.07, 6.45) is 5.99. The Balaban J connectivity index is 1.57. The van der Waals surface area contributed by atoms with Crippen LogP contribution in [0.2, 0.25) is 0 Å². The van der Waals surface area contributed by atoms with E-state index >= 15 is 0 Å². The molecule has 0 saturated carbocycles. The molecule has 0 aliphatic heterocycles. The third-order valence-electron chi connectivity index (χ3n) is 5.96. The van der Waals surface area contributed by atoms with E-state index in [1.807, 2.05) is 31.2 Å². The first-order valence-corrected chi connectivity index (χ1v) is 12.1. The second-order valence-corrected chi connectivity index (χ2v) is 10.0. The summed E-state index contributed by atoms with van der Waals surface area (Å²) in [5, 5.41) is 3.33. The Morgan fingerprint density at radius 2 is 1.88 bits per heavy atom. The second-order valence-electron chi connectivity index (χ2n) is 8.06. The van der Waals surface area contributed by atoms with Gasteiger partial charge in [0.2, 0.25) is 9.84 Å². The molecule has 6 nitrogen and oxygen atoms in total. The Hall–Kier alpha value is -3.19. The van der Waals surface area contributed by atoms with Gasteiger partial charge >= 0.3 is 5.97 Å². The zero-order valence-electron chi connectivity index (χ0n) is 18.2. The molecule has 1 heterocycles. The van der Waals surface area contributed by atoms with E-state index in [0.29, 0.717) is 27.6 Å². The Kier molecular flexibility index (Phi) is 6.28. The van der Waals surface area contributed by atoms with Crippen molar-refractivity contribution in [2.24, 2.45) is 0 Å². The number of ether oxygens (including phenoxy) is 1. The van der Waals surface area contributed by atoms with Crippen LogP contribution in [0.25, 0.3) is 0 Å². The van der Waals surface area contributed by atoms with Crippen molar-refractivity contribution in [3.05, 3.63) is 83.2 Å².